The minimum atomic E-state index is -0.268. The van der Waals surface area contributed by atoms with Gasteiger partial charge in [-0.25, -0.2) is 9.37 Å². The van der Waals surface area contributed by atoms with Crippen LogP contribution in [0.15, 0.2) is 16.6 Å². The molecule has 20 heavy (non-hydrogen) atoms. The standard InChI is InChI=1S/C14H17BrFN3S/c1-20-13-5-3-2-4-11(13)19-12-7-9(16)8(15)6-10(12)18-14(19)17/h6-7,11,13H,2-5H2,1H3,(H2,17,18). The summed E-state index contributed by atoms with van der Waals surface area (Å²) >= 11 is 5.07. The molecule has 0 spiro atoms. The number of fused-ring (bicyclic) bond motifs is 1. The van der Waals surface area contributed by atoms with Gasteiger partial charge in [0.15, 0.2) is 0 Å². The molecular weight excluding hydrogens is 341 g/mol. The second-order valence-corrected chi connectivity index (χ2v) is 7.15. The molecule has 1 saturated carbocycles. The fraction of sp³-hybridized carbons (Fsp3) is 0.500. The fourth-order valence-corrected chi connectivity index (χ4v) is 4.41. The molecule has 0 amide bonds. The van der Waals surface area contributed by atoms with Gasteiger partial charge in [-0.3, -0.25) is 0 Å². The highest BCUT2D eigenvalue weighted by Crippen LogP contribution is 2.39. The van der Waals surface area contributed by atoms with E-state index in [1.54, 1.807) is 6.07 Å². The number of rotatable bonds is 2. The summed E-state index contributed by atoms with van der Waals surface area (Å²) in [5.74, 6) is 0.221. The molecule has 3 rings (SSSR count). The van der Waals surface area contributed by atoms with Gasteiger partial charge in [0.2, 0.25) is 5.95 Å². The van der Waals surface area contributed by atoms with Crippen LogP contribution in [-0.2, 0) is 0 Å². The van der Waals surface area contributed by atoms with Crippen LogP contribution < -0.4 is 5.73 Å². The third-order valence-corrected chi connectivity index (χ3v) is 5.82. The van der Waals surface area contributed by atoms with Gasteiger partial charge in [0, 0.05) is 17.4 Å². The minimum absolute atomic E-state index is 0.268. The van der Waals surface area contributed by atoms with Crippen LogP contribution in [0.3, 0.4) is 0 Å². The van der Waals surface area contributed by atoms with Gasteiger partial charge in [0.1, 0.15) is 5.82 Å². The van der Waals surface area contributed by atoms with Crippen molar-refractivity contribution in [3.8, 4) is 0 Å². The largest absolute Gasteiger partial charge is 0.369 e. The van der Waals surface area contributed by atoms with Gasteiger partial charge in [-0.15, -0.1) is 0 Å². The summed E-state index contributed by atoms with van der Waals surface area (Å²) in [7, 11) is 0. The predicted molar refractivity (Wildman–Crippen MR) is 86.6 cm³/mol. The van der Waals surface area contributed by atoms with Crippen molar-refractivity contribution in [2.24, 2.45) is 0 Å². The van der Waals surface area contributed by atoms with Crippen LogP contribution in [0.4, 0.5) is 10.3 Å². The van der Waals surface area contributed by atoms with E-state index in [2.05, 4.69) is 27.2 Å². The van der Waals surface area contributed by atoms with Crippen molar-refractivity contribution in [3.63, 3.8) is 0 Å². The zero-order chi connectivity index (χ0) is 14.3. The number of halogens is 2. The number of hydrogen-bond acceptors (Lipinski definition) is 3. The van der Waals surface area contributed by atoms with E-state index in [0.29, 0.717) is 21.7 Å². The summed E-state index contributed by atoms with van der Waals surface area (Å²) in [6, 6.07) is 3.55. The first-order chi connectivity index (χ1) is 9.61. The van der Waals surface area contributed by atoms with Gasteiger partial charge < -0.3 is 10.3 Å². The maximum atomic E-state index is 13.9. The molecule has 2 atom stereocenters. The Hall–Kier alpha value is -0.750. The van der Waals surface area contributed by atoms with Crippen molar-refractivity contribution < 1.29 is 4.39 Å². The van der Waals surface area contributed by atoms with Crippen LogP contribution in [-0.4, -0.2) is 21.1 Å². The summed E-state index contributed by atoms with van der Waals surface area (Å²) in [5, 5.41) is 0.523. The van der Waals surface area contributed by atoms with Gasteiger partial charge >= 0.3 is 0 Å². The van der Waals surface area contributed by atoms with Crippen molar-refractivity contribution >= 4 is 44.7 Å². The van der Waals surface area contributed by atoms with E-state index in [1.165, 1.54) is 25.3 Å². The Labute approximate surface area is 130 Å². The van der Waals surface area contributed by atoms with E-state index in [1.807, 2.05) is 16.3 Å². The maximum Gasteiger partial charge on any atom is 0.201 e. The molecule has 1 aromatic heterocycles. The molecule has 108 valence electrons. The first-order valence-corrected chi connectivity index (χ1v) is 8.85. The number of nitrogens with zero attached hydrogens (tertiary/aromatic N) is 2. The van der Waals surface area contributed by atoms with Gasteiger partial charge in [0.05, 0.1) is 15.5 Å². The zero-order valence-electron chi connectivity index (χ0n) is 11.3. The number of imidazole rings is 1. The SMILES string of the molecule is CSC1CCCCC1n1c(N)nc2cc(Br)c(F)cc21. The molecule has 2 unspecified atom stereocenters. The molecule has 1 fully saturated rings. The lowest BCUT2D eigenvalue weighted by Gasteiger charge is -2.32. The van der Waals surface area contributed by atoms with Crippen LogP contribution in [0.5, 0.6) is 0 Å². The van der Waals surface area contributed by atoms with Crippen molar-refractivity contribution in [1.82, 2.24) is 9.55 Å². The molecule has 0 saturated heterocycles. The smallest absolute Gasteiger partial charge is 0.201 e. The first-order valence-electron chi connectivity index (χ1n) is 6.77. The predicted octanol–water partition coefficient (Wildman–Crippen LogP) is 4.37. The average Bonchev–Trinajstić information content (AvgIpc) is 2.74. The fourth-order valence-electron chi connectivity index (χ4n) is 3.11. The Morgan fingerprint density at radius 2 is 2.15 bits per heavy atom. The van der Waals surface area contributed by atoms with Crippen LogP contribution in [0, 0.1) is 5.82 Å². The zero-order valence-corrected chi connectivity index (χ0v) is 13.7. The van der Waals surface area contributed by atoms with Crippen LogP contribution in [0.25, 0.3) is 11.0 Å². The summed E-state index contributed by atoms with van der Waals surface area (Å²) in [5.41, 5.74) is 7.66. The average molecular weight is 358 g/mol. The van der Waals surface area contributed by atoms with E-state index in [9.17, 15) is 4.39 Å². The summed E-state index contributed by atoms with van der Waals surface area (Å²) in [4.78, 5) is 4.39. The summed E-state index contributed by atoms with van der Waals surface area (Å²) in [6.07, 6.45) is 6.85. The molecule has 2 N–H and O–H groups in total. The molecule has 3 nitrogen and oxygen atoms in total. The van der Waals surface area contributed by atoms with E-state index in [-0.39, 0.29) is 5.82 Å². The van der Waals surface area contributed by atoms with Gasteiger partial charge in [-0.05, 0) is 41.1 Å². The molecular formula is C14H17BrFN3S. The first kappa shape index (κ1) is 14.2. The molecule has 1 aliphatic rings. The van der Waals surface area contributed by atoms with Gasteiger partial charge in [-0.1, -0.05) is 12.8 Å². The van der Waals surface area contributed by atoms with E-state index < -0.39 is 0 Å². The number of thioether (sulfide) groups is 1. The third kappa shape index (κ3) is 2.33. The van der Waals surface area contributed by atoms with Crippen LogP contribution in [0.2, 0.25) is 0 Å². The normalized spacial score (nSPS) is 23.4. The molecule has 2 aromatic rings. The van der Waals surface area contributed by atoms with E-state index in [0.717, 1.165) is 17.5 Å². The number of nitrogen functional groups attached to an aromatic ring is 1. The highest BCUT2D eigenvalue weighted by atomic mass is 79.9. The Morgan fingerprint density at radius 1 is 1.40 bits per heavy atom. The Bertz CT molecular complexity index is 643. The van der Waals surface area contributed by atoms with E-state index >= 15 is 0 Å². The Morgan fingerprint density at radius 3 is 2.90 bits per heavy atom. The topological polar surface area (TPSA) is 43.8 Å². The van der Waals surface area contributed by atoms with Crippen molar-refractivity contribution in [1.29, 1.82) is 0 Å². The molecule has 0 bridgehead atoms. The van der Waals surface area contributed by atoms with Crippen LogP contribution >= 0.6 is 27.7 Å². The minimum Gasteiger partial charge on any atom is -0.369 e. The molecule has 6 heteroatoms. The lowest BCUT2D eigenvalue weighted by molar-refractivity contribution is 0.374. The molecule has 1 aromatic carbocycles. The second kappa shape index (κ2) is 5.56. The summed E-state index contributed by atoms with van der Waals surface area (Å²) in [6.45, 7) is 0. The number of benzene rings is 1. The number of nitrogens with two attached hydrogens (primary N) is 1. The highest BCUT2D eigenvalue weighted by Gasteiger charge is 2.29. The van der Waals surface area contributed by atoms with Crippen molar-refractivity contribution in [2.45, 2.75) is 37.0 Å². The van der Waals surface area contributed by atoms with Gasteiger partial charge in [-0.2, -0.15) is 11.8 Å². The highest BCUT2D eigenvalue weighted by molar-refractivity contribution is 9.10. The Balaban J connectivity index is 2.14. The second-order valence-electron chi connectivity index (χ2n) is 5.22. The van der Waals surface area contributed by atoms with Gasteiger partial charge in [0.25, 0.3) is 0 Å². The monoisotopic (exact) mass is 357 g/mol. The maximum absolute atomic E-state index is 13.9. The lowest BCUT2D eigenvalue weighted by atomic mass is 9.94. The molecule has 1 aliphatic carbocycles. The summed E-state index contributed by atoms with van der Waals surface area (Å²) < 4.78 is 16.3. The quantitative estimate of drug-likeness (QED) is 0.867. The van der Waals surface area contributed by atoms with E-state index in [4.69, 9.17) is 5.73 Å². The van der Waals surface area contributed by atoms with Crippen LogP contribution in [0.1, 0.15) is 31.7 Å². The molecule has 1 heterocycles. The number of hydrogen-bond donors (Lipinski definition) is 1. The van der Waals surface area contributed by atoms with Crippen molar-refractivity contribution in [3.05, 3.63) is 22.4 Å². The Kier molecular flexibility index (Phi) is 3.95. The molecule has 0 aliphatic heterocycles. The lowest BCUT2D eigenvalue weighted by Crippen LogP contribution is -2.26. The van der Waals surface area contributed by atoms with Crippen molar-refractivity contribution in [2.75, 3.05) is 12.0 Å². The number of aromatic nitrogens is 2. The third-order valence-electron chi connectivity index (χ3n) is 4.06. The number of anilines is 1. The molecule has 0 radical (unpaired) electrons.